The number of sulfonamides is 1. The molecule has 0 radical (unpaired) electrons. The van der Waals surface area contributed by atoms with Crippen LogP contribution >= 0.6 is 11.3 Å². The largest absolute Gasteiger partial charge is 0.343 e. The number of hydrogen-bond donors (Lipinski definition) is 2. The fourth-order valence-corrected chi connectivity index (χ4v) is 3.66. The zero-order valence-electron chi connectivity index (χ0n) is 15.1. The van der Waals surface area contributed by atoms with Crippen molar-refractivity contribution in [3.63, 3.8) is 0 Å². The molecule has 27 heavy (non-hydrogen) atoms. The van der Waals surface area contributed by atoms with Gasteiger partial charge in [-0.2, -0.15) is 5.10 Å². The maximum absolute atomic E-state index is 12.1. The third kappa shape index (κ3) is 5.46. The Labute approximate surface area is 161 Å². The lowest BCUT2D eigenvalue weighted by molar-refractivity contribution is -0.120. The molecule has 0 saturated carbocycles. The average Bonchev–Trinajstić information content (AvgIpc) is 3.04. The number of nitrogens with one attached hydrogen (secondary N) is 2. The van der Waals surface area contributed by atoms with Crippen LogP contribution in [0.25, 0.3) is 0 Å². The molecule has 0 bridgehead atoms. The summed E-state index contributed by atoms with van der Waals surface area (Å²) < 4.78 is 25.1. The predicted octanol–water partition coefficient (Wildman–Crippen LogP) is 1.19. The molecule has 0 saturated heterocycles. The maximum Gasteiger partial charge on any atom is 0.259 e. The number of rotatable bonds is 7. The summed E-state index contributed by atoms with van der Waals surface area (Å²) in [5.41, 5.74) is 3.64. The highest BCUT2D eigenvalue weighted by atomic mass is 32.2. The van der Waals surface area contributed by atoms with Crippen molar-refractivity contribution in [1.82, 2.24) is 15.0 Å². The van der Waals surface area contributed by atoms with Gasteiger partial charge < -0.3 is 5.32 Å². The zero-order valence-corrected chi connectivity index (χ0v) is 16.7. The van der Waals surface area contributed by atoms with Crippen LogP contribution in [0.2, 0.25) is 0 Å². The van der Waals surface area contributed by atoms with Crippen LogP contribution in [0.4, 0.5) is 0 Å². The lowest BCUT2D eigenvalue weighted by atomic mass is 10.2. The van der Waals surface area contributed by atoms with E-state index in [2.05, 4.69) is 15.8 Å². The normalized spacial score (nSPS) is 11.7. The fraction of sp³-hybridized carbons (Fsp3) is 0.235. The van der Waals surface area contributed by atoms with E-state index in [4.69, 9.17) is 0 Å². The van der Waals surface area contributed by atoms with E-state index in [1.54, 1.807) is 6.21 Å². The Balaban J connectivity index is 1.87. The lowest BCUT2D eigenvalue weighted by Crippen LogP contribution is -2.34. The Morgan fingerprint density at radius 2 is 1.85 bits per heavy atom. The van der Waals surface area contributed by atoms with Crippen LogP contribution in [0, 0.1) is 6.92 Å². The molecule has 0 atom stereocenters. The van der Waals surface area contributed by atoms with Crippen molar-refractivity contribution in [2.75, 3.05) is 20.6 Å². The zero-order chi connectivity index (χ0) is 20.0. The summed E-state index contributed by atoms with van der Waals surface area (Å²) in [6.07, 6.45) is 1.55. The molecule has 2 rings (SSSR count). The minimum atomic E-state index is -3.55. The lowest BCUT2D eigenvalue weighted by Gasteiger charge is -2.11. The molecule has 0 spiro atoms. The van der Waals surface area contributed by atoms with Crippen molar-refractivity contribution in [3.8, 4) is 0 Å². The number of hydrogen-bond acceptors (Lipinski definition) is 6. The fourth-order valence-electron chi connectivity index (χ4n) is 1.97. The van der Waals surface area contributed by atoms with Gasteiger partial charge >= 0.3 is 0 Å². The molecule has 0 aliphatic heterocycles. The standard InChI is InChI=1S/C17H20N4O4S2/c1-12-8-9-26-15(12)10-19-20-16(22)11-18-17(23)13-4-6-14(7-5-13)27(24,25)21(2)3/h4-10H,11H2,1-3H3,(H,18,23)(H,20,22)/b19-10-. The topological polar surface area (TPSA) is 108 Å². The molecule has 0 unspecified atom stereocenters. The van der Waals surface area contributed by atoms with E-state index >= 15 is 0 Å². The number of thiophene rings is 1. The first-order chi connectivity index (χ1) is 12.7. The molecule has 144 valence electrons. The summed E-state index contributed by atoms with van der Waals surface area (Å²) in [6, 6.07) is 7.42. The quantitative estimate of drug-likeness (QED) is 0.530. The molecule has 0 fully saturated rings. The summed E-state index contributed by atoms with van der Waals surface area (Å²) in [4.78, 5) is 24.8. The van der Waals surface area contributed by atoms with E-state index in [9.17, 15) is 18.0 Å². The molecule has 8 nitrogen and oxygen atoms in total. The van der Waals surface area contributed by atoms with Crippen LogP contribution in [0.1, 0.15) is 20.8 Å². The number of benzene rings is 1. The van der Waals surface area contributed by atoms with Crippen LogP contribution in [0.15, 0.2) is 45.7 Å². The van der Waals surface area contributed by atoms with Crippen molar-refractivity contribution >= 4 is 39.4 Å². The molecule has 2 amide bonds. The second-order valence-corrected chi connectivity index (χ2v) is 8.86. The minimum Gasteiger partial charge on any atom is -0.343 e. The first kappa shape index (κ1) is 20.7. The molecule has 0 aliphatic carbocycles. The van der Waals surface area contributed by atoms with Crippen molar-refractivity contribution in [2.24, 2.45) is 5.10 Å². The maximum atomic E-state index is 12.1. The van der Waals surface area contributed by atoms with Gasteiger partial charge in [0, 0.05) is 24.5 Å². The molecule has 1 heterocycles. The Morgan fingerprint density at radius 3 is 2.41 bits per heavy atom. The number of amides is 2. The van der Waals surface area contributed by atoms with Gasteiger partial charge in [-0.15, -0.1) is 11.3 Å². The van der Waals surface area contributed by atoms with Gasteiger partial charge in [-0.1, -0.05) is 0 Å². The number of nitrogens with zero attached hydrogens (tertiary/aromatic N) is 2. The predicted molar refractivity (Wildman–Crippen MR) is 104 cm³/mol. The molecule has 2 N–H and O–H groups in total. The number of carbonyl (C=O) groups is 2. The van der Waals surface area contributed by atoms with Crippen molar-refractivity contribution < 1.29 is 18.0 Å². The van der Waals surface area contributed by atoms with Crippen LogP contribution < -0.4 is 10.7 Å². The van der Waals surface area contributed by atoms with E-state index < -0.39 is 21.8 Å². The molecule has 1 aromatic carbocycles. The highest BCUT2D eigenvalue weighted by Crippen LogP contribution is 2.14. The van der Waals surface area contributed by atoms with Gasteiger partial charge in [0.15, 0.2) is 0 Å². The van der Waals surface area contributed by atoms with Crippen molar-refractivity contribution in [2.45, 2.75) is 11.8 Å². The molecular weight excluding hydrogens is 388 g/mol. The highest BCUT2D eigenvalue weighted by Gasteiger charge is 2.17. The van der Waals surface area contributed by atoms with Gasteiger partial charge in [-0.25, -0.2) is 18.1 Å². The summed E-state index contributed by atoms with van der Waals surface area (Å²) in [5.74, 6) is -0.961. The SMILES string of the molecule is Cc1ccsc1/C=N\NC(=O)CNC(=O)c1ccc(S(=O)(=O)N(C)C)cc1. The Bertz CT molecular complexity index is 948. The molecule has 10 heteroatoms. The first-order valence-electron chi connectivity index (χ1n) is 7.88. The smallest absolute Gasteiger partial charge is 0.259 e. The first-order valence-corrected chi connectivity index (χ1v) is 10.2. The average molecular weight is 409 g/mol. The molecule has 1 aromatic heterocycles. The second kappa shape index (κ2) is 8.89. The van der Waals surface area contributed by atoms with Gasteiger partial charge in [0.2, 0.25) is 10.0 Å². The summed E-state index contributed by atoms with van der Waals surface area (Å²) in [7, 11) is -0.700. The van der Waals surface area contributed by atoms with Crippen molar-refractivity contribution in [3.05, 3.63) is 51.7 Å². The summed E-state index contributed by atoms with van der Waals surface area (Å²) >= 11 is 1.51. The van der Waals surface area contributed by atoms with E-state index in [1.165, 1.54) is 49.7 Å². The Morgan fingerprint density at radius 1 is 1.19 bits per heavy atom. The van der Waals surface area contributed by atoms with Crippen LogP contribution in [-0.4, -0.2) is 51.4 Å². The van der Waals surface area contributed by atoms with Crippen molar-refractivity contribution in [1.29, 1.82) is 0 Å². The number of hydrazone groups is 1. The number of carbonyl (C=O) groups excluding carboxylic acids is 2. The third-order valence-corrected chi connectivity index (χ3v) is 6.36. The summed E-state index contributed by atoms with van der Waals surface area (Å²) in [5, 5.41) is 8.22. The third-order valence-electron chi connectivity index (χ3n) is 3.58. The van der Waals surface area contributed by atoms with E-state index in [0.29, 0.717) is 0 Å². The molecule has 0 aliphatic rings. The van der Waals surface area contributed by atoms with E-state index in [0.717, 1.165) is 14.7 Å². The molecule has 2 aromatic rings. The Kier molecular flexibility index (Phi) is 6.83. The summed E-state index contributed by atoms with van der Waals surface area (Å²) in [6.45, 7) is 1.69. The highest BCUT2D eigenvalue weighted by molar-refractivity contribution is 7.89. The Hall–Kier alpha value is -2.56. The van der Waals surface area contributed by atoms with E-state index in [1.807, 2.05) is 18.4 Å². The van der Waals surface area contributed by atoms with Gasteiger partial charge in [0.05, 0.1) is 17.7 Å². The minimum absolute atomic E-state index is 0.0833. The van der Waals surface area contributed by atoms with Crippen LogP contribution in [0.5, 0.6) is 0 Å². The van der Waals surface area contributed by atoms with Gasteiger partial charge in [-0.3, -0.25) is 9.59 Å². The monoisotopic (exact) mass is 408 g/mol. The number of aryl methyl sites for hydroxylation is 1. The molecular formula is C17H20N4O4S2. The van der Waals surface area contributed by atoms with Crippen LogP contribution in [0.3, 0.4) is 0 Å². The van der Waals surface area contributed by atoms with Gasteiger partial charge in [0.1, 0.15) is 0 Å². The van der Waals surface area contributed by atoms with Gasteiger partial charge in [0.25, 0.3) is 11.8 Å². The van der Waals surface area contributed by atoms with Crippen LogP contribution in [-0.2, 0) is 14.8 Å². The van der Waals surface area contributed by atoms with E-state index in [-0.39, 0.29) is 17.0 Å². The van der Waals surface area contributed by atoms with Gasteiger partial charge in [-0.05, 0) is 48.2 Å². The second-order valence-electron chi connectivity index (χ2n) is 5.76.